The standard InChI is InChI=1S/C11H13NO/c13-8-10-6-12-7-11(10)9-4-2-1-3-5-9/h1-5,8,10-12H,6-7H2/t10-,11+/m1/s1. The highest BCUT2D eigenvalue weighted by Gasteiger charge is 2.27. The summed E-state index contributed by atoms with van der Waals surface area (Å²) >= 11 is 0. The molecule has 1 aliphatic rings. The van der Waals surface area contributed by atoms with E-state index in [1.165, 1.54) is 5.56 Å². The molecular formula is C11H13NO. The number of carbonyl (C=O) groups excluding carboxylic acids is 1. The molecule has 2 atom stereocenters. The van der Waals surface area contributed by atoms with Gasteiger partial charge >= 0.3 is 0 Å². The molecule has 2 nitrogen and oxygen atoms in total. The third-order valence-corrected chi connectivity index (χ3v) is 2.66. The van der Waals surface area contributed by atoms with Crippen molar-refractivity contribution in [3.63, 3.8) is 0 Å². The van der Waals surface area contributed by atoms with E-state index < -0.39 is 0 Å². The highest BCUT2D eigenvalue weighted by molar-refractivity contribution is 5.57. The number of aldehydes is 1. The van der Waals surface area contributed by atoms with Gasteiger partial charge in [0.15, 0.2) is 0 Å². The molecule has 0 bridgehead atoms. The van der Waals surface area contributed by atoms with Crippen LogP contribution in [0.1, 0.15) is 11.5 Å². The maximum absolute atomic E-state index is 10.8. The second kappa shape index (κ2) is 3.71. The van der Waals surface area contributed by atoms with Crippen molar-refractivity contribution in [1.82, 2.24) is 5.32 Å². The number of carbonyl (C=O) groups is 1. The Morgan fingerprint density at radius 2 is 2.00 bits per heavy atom. The number of hydrogen-bond donors (Lipinski definition) is 1. The van der Waals surface area contributed by atoms with Crippen LogP contribution in [0.4, 0.5) is 0 Å². The highest BCUT2D eigenvalue weighted by atomic mass is 16.1. The van der Waals surface area contributed by atoms with Crippen LogP contribution in [0, 0.1) is 5.92 Å². The highest BCUT2D eigenvalue weighted by Crippen LogP contribution is 2.25. The van der Waals surface area contributed by atoms with E-state index in [2.05, 4.69) is 17.4 Å². The zero-order valence-electron chi connectivity index (χ0n) is 7.44. The summed E-state index contributed by atoms with van der Waals surface area (Å²) in [4.78, 5) is 10.8. The molecule has 0 spiro atoms. The van der Waals surface area contributed by atoms with Crippen LogP contribution in [-0.4, -0.2) is 19.4 Å². The lowest BCUT2D eigenvalue weighted by Gasteiger charge is -2.12. The van der Waals surface area contributed by atoms with E-state index in [-0.39, 0.29) is 5.92 Å². The fourth-order valence-corrected chi connectivity index (χ4v) is 1.91. The van der Waals surface area contributed by atoms with Gasteiger partial charge < -0.3 is 10.1 Å². The lowest BCUT2D eigenvalue weighted by atomic mass is 9.90. The molecule has 1 heterocycles. The van der Waals surface area contributed by atoms with Crippen molar-refractivity contribution in [2.45, 2.75) is 5.92 Å². The largest absolute Gasteiger partial charge is 0.315 e. The van der Waals surface area contributed by atoms with Gasteiger partial charge in [-0.25, -0.2) is 0 Å². The van der Waals surface area contributed by atoms with Crippen molar-refractivity contribution >= 4 is 6.29 Å². The topological polar surface area (TPSA) is 29.1 Å². The van der Waals surface area contributed by atoms with Gasteiger partial charge in [0.1, 0.15) is 6.29 Å². The fourth-order valence-electron chi connectivity index (χ4n) is 1.91. The van der Waals surface area contributed by atoms with Crippen LogP contribution in [0.5, 0.6) is 0 Å². The Morgan fingerprint density at radius 3 is 2.69 bits per heavy atom. The zero-order chi connectivity index (χ0) is 9.10. The number of hydrogen-bond acceptors (Lipinski definition) is 2. The number of nitrogens with one attached hydrogen (secondary N) is 1. The lowest BCUT2D eigenvalue weighted by molar-refractivity contribution is -0.110. The molecule has 1 aromatic rings. The number of benzene rings is 1. The quantitative estimate of drug-likeness (QED) is 0.684. The van der Waals surface area contributed by atoms with Gasteiger partial charge in [-0.2, -0.15) is 0 Å². The summed E-state index contributed by atoms with van der Waals surface area (Å²) in [6, 6.07) is 10.2. The minimum absolute atomic E-state index is 0.155. The molecule has 1 fully saturated rings. The molecule has 0 aliphatic carbocycles. The normalized spacial score (nSPS) is 27.4. The van der Waals surface area contributed by atoms with Crippen molar-refractivity contribution in [3.8, 4) is 0 Å². The Hall–Kier alpha value is -1.15. The van der Waals surface area contributed by atoms with Gasteiger partial charge in [-0.1, -0.05) is 30.3 Å². The lowest BCUT2D eigenvalue weighted by Crippen LogP contribution is -2.11. The van der Waals surface area contributed by atoms with Crippen LogP contribution in [0.25, 0.3) is 0 Å². The Kier molecular flexibility index (Phi) is 2.41. The monoisotopic (exact) mass is 175 g/mol. The van der Waals surface area contributed by atoms with Crippen LogP contribution < -0.4 is 5.32 Å². The summed E-state index contributed by atoms with van der Waals surface area (Å²) in [6.45, 7) is 1.75. The third kappa shape index (κ3) is 1.63. The minimum Gasteiger partial charge on any atom is -0.315 e. The van der Waals surface area contributed by atoms with E-state index in [9.17, 15) is 4.79 Å². The summed E-state index contributed by atoms with van der Waals surface area (Å²) in [6.07, 6.45) is 1.07. The molecule has 0 aromatic heterocycles. The number of rotatable bonds is 2. The van der Waals surface area contributed by atoms with E-state index in [1.54, 1.807) is 0 Å². The summed E-state index contributed by atoms with van der Waals surface area (Å²) in [7, 11) is 0. The minimum atomic E-state index is 0.155. The molecular weight excluding hydrogens is 162 g/mol. The van der Waals surface area contributed by atoms with E-state index in [1.807, 2.05) is 18.2 Å². The van der Waals surface area contributed by atoms with Gasteiger partial charge in [0.2, 0.25) is 0 Å². The predicted molar refractivity (Wildman–Crippen MR) is 51.6 cm³/mol. The van der Waals surface area contributed by atoms with Gasteiger partial charge in [0.05, 0.1) is 0 Å². The average molecular weight is 175 g/mol. The Balaban J connectivity index is 2.21. The van der Waals surface area contributed by atoms with Crippen LogP contribution in [0.15, 0.2) is 30.3 Å². The maximum atomic E-state index is 10.8. The van der Waals surface area contributed by atoms with Gasteiger partial charge in [0.25, 0.3) is 0 Å². The SMILES string of the molecule is O=C[C@H]1CNC[C@H]1c1ccccc1. The van der Waals surface area contributed by atoms with Gasteiger partial charge in [-0.05, 0) is 5.56 Å². The van der Waals surface area contributed by atoms with Gasteiger partial charge in [-0.3, -0.25) is 0 Å². The van der Waals surface area contributed by atoms with Crippen molar-refractivity contribution in [2.24, 2.45) is 5.92 Å². The van der Waals surface area contributed by atoms with Crippen LogP contribution in [0.3, 0.4) is 0 Å². The molecule has 68 valence electrons. The molecule has 0 amide bonds. The second-order valence-corrected chi connectivity index (χ2v) is 3.48. The van der Waals surface area contributed by atoms with Crippen molar-refractivity contribution < 1.29 is 4.79 Å². The molecule has 0 unspecified atom stereocenters. The Bertz CT molecular complexity index is 283. The first-order valence-corrected chi connectivity index (χ1v) is 4.63. The van der Waals surface area contributed by atoms with Crippen molar-refractivity contribution in [1.29, 1.82) is 0 Å². The van der Waals surface area contributed by atoms with E-state index in [0.717, 1.165) is 19.4 Å². The molecule has 0 radical (unpaired) electrons. The second-order valence-electron chi connectivity index (χ2n) is 3.48. The zero-order valence-corrected chi connectivity index (χ0v) is 7.44. The summed E-state index contributed by atoms with van der Waals surface area (Å²) in [5, 5.41) is 3.24. The molecule has 2 heteroatoms. The summed E-state index contributed by atoms with van der Waals surface area (Å²) in [5.74, 6) is 0.529. The average Bonchev–Trinajstić information content (AvgIpc) is 2.67. The van der Waals surface area contributed by atoms with Crippen molar-refractivity contribution in [3.05, 3.63) is 35.9 Å². The predicted octanol–water partition coefficient (Wildman–Crippen LogP) is 1.19. The molecule has 2 rings (SSSR count). The van der Waals surface area contributed by atoms with E-state index in [0.29, 0.717) is 5.92 Å². The summed E-state index contributed by atoms with van der Waals surface area (Å²) in [5.41, 5.74) is 1.27. The molecule has 1 aromatic carbocycles. The molecule has 0 saturated carbocycles. The first-order chi connectivity index (χ1) is 6.42. The first kappa shape index (κ1) is 8.45. The van der Waals surface area contributed by atoms with Crippen LogP contribution in [0.2, 0.25) is 0 Å². The van der Waals surface area contributed by atoms with Crippen LogP contribution >= 0.6 is 0 Å². The first-order valence-electron chi connectivity index (χ1n) is 4.63. The van der Waals surface area contributed by atoms with Gasteiger partial charge in [-0.15, -0.1) is 0 Å². The molecule has 13 heavy (non-hydrogen) atoms. The van der Waals surface area contributed by atoms with Crippen LogP contribution in [-0.2, 0) is 4.79 Å². The third-order valence-electron chi connectivity index (χ3n) is 2.66. The fraction of sp³-hybridized carbons (Fsp3) is 0.364. The van der Waals surface area contributed by atoms with E-state index in [4.69, 9.17) is 0 Å². The van der Waals surface area contributed by atoms with Crippen molar-refractivity contribution in [2.75, 3.05) is 13.1 Å². The summed E-state index contributed by atoms with van der Waals surface area (Å²) < 4.78 is 0. The Morgan fingerprint density at radius 1 is 1.23 bits per heavy atom. The molecule has 1 saturated heterocycles. The Labute approximate surface area is 78.0 Å². The van der Waals surface area contributed by atoms with E-state index >= 15 is 0 Å². The smallest absolute Gasteiger partial charge is 0.125 e. The maximum Gasteiger partial charge on any atom is 0.125 e. The molecule has 1 N–H and O–H groups in total. The van der Waals surface area contributed by atoms with Gasteiger partial charge in [0, 0.05) is 24.9 Å². The molecule has 1 aliphatic heterocycles.